The van der Waals surface area contributed by atoms with Crippen molar-refractivity contribution in [3.05, 3.63) is 29.8 Å². The van der Waals surface area contributed by atoms with Crippen LogP contribution in [0.25, 0.3) is 0 Å². The summed E-state index contributed by atoms with van der Waals surface area (Å²) in [5.41, 5.74) is 1.10. The minimum absolute atomic E-state index is 0.149. The average molecular weight is 380 g/mol. The van der Waals surface area contributed by atoms with E-state index in [9.17, 15) is 13.2 Å². The van der Waals surface area contributed by atoms with Crippen molar-refractivity contribution in [3.63, 3.8) is 0 Å². The zero-order valence-electron chi connectivity index (χ0n) is 15.3. The van der Waals surface area contributed by atoms with Gasteiger partial charge in [0.15, 0.2) is 0 Å². The van der Waals surface area contributed by atoms with Gasteiger partial charge in [0.1, 0.15) is 0 Å². The highest BCUT2D eigenvalue weighted by Crippen LogP contribution is 2.25. The number of hydrogen-bond donors (Lipinski definition) is 1. The zero-order chi connectivity index (χ0) is 18.6. The van der Waals surface area contributed by atoms with E-state index in [1.807, 2.05) is 17.0 Å². The van der Waals surface area contributed by atoms with Crippen molar-refractivity contribution in [2.45, 2.75) is 43.4 Å². The molecule has 1 aliphatic carbocycles. The highest BCUT2D eigenvalue weighted by molar-refractivity contribution is 7.89. The van der Waals surface area contributed by atoms with E-state index in [0.29, 0.717) is 5.91 Å². The van der Waals surface area contributed by atoms with Crippen LogP contribution in [-0.4, -0.2) is 56.8 Å². The van der Waals surface area contributed by atoms with Gasteiger partial charge in [0, 0.05) is 38.6 Å². The Kier molecular flexibility index (Phi) is 6.32. The van der Waals surface area contributed by atoms with Gasteiger partial charge in [-0.25, -0.2) is 13.6 Å². The molecule has 0 radical (unpaired) electrons. The topological polar surface area (TPSA) is 83.7 Å². The third-order valence-electron chi connectivity index (χ3n) is 5.61. The monoisotopic (exact) mass is 379 g/mol. The van der Waals surface area contributed by atoms with Crippen molar-refractivity contribution < 1.29 is 13.2 Å². The Morgan fingerprint density at radius 1 is 1.00 bits per heavy atom. The third-order valence-corrected chi connectivity index (χ3v) is 6.54. The van der Waals surface area contributed by atoms with Crippen LogP contribution >= 0.6 is 0 Å². The first-order chi connectivity index (χ1) is 12.4. The van der Waals surface area contributed by atoms with Gasteiger partial charge in [0.25, 0.3) is 0 Å². The van der Waals surface area contributed by atoms with Crippen LogP contribution < -0.4 is 5.14 Å². The SMILES string of the molecule is NS(=O)(=O)c1ccc(CCN2CCN(C(=O)C3CCCCC3)CC2)cc1. The number of primary sulfonamides is 1. The van der Waals surface area contributed by atoms with Crippen LogP contribution in [0.3, 0.4) is 0 Å². The van der Waals surface area contributed by atoms with Gasteiger partial charge >= 0.3 is 0 Å². The first-order valence-corrected chi connectivity index (χ1v) is 11.1. The van der Waals surface area contributed by atoms with Crippen molar-refractivity contribution in [2.24, 2.45) is 11.1 Å². The summed E-state index contributed by atoms with van der Waals surface area (Å²) >= 11 is 0. The van der Waals surface area contributed by atoms with Crippen LogP contribution in [0.2, 0.25) is 0 Å². The van der Waals surface area contributed by atoms with E-state index in [1.165, 1.54) is 19.3 Å². The molecule has 2 fully saturated rings. The summed E-state index contributed by atoms with van der Waals surface area (Å²) in [7, 11) is -3.63. The van der Waals surface area contributed by atoms with Crippen LogP contribution in [0.1, 0.15) is 37.7 Å². The molecule has 0 bridgehead atoms. The van der Waals surface area contributed by atoms with Crippen LogP contribution in [0.15, 0.2) is 29.2 Å². The number of rotatable bonds is 5. The van der Waals surface area contributed by atoms with Crippen molar-refractivity contribution in [1.82, 2.24) is 9.80 Å². The molecular formula is C19H29N3O3S. The van der Waals surface area contributed by atoms with Gasteiger partial charge in [-0.05, 0) is 37.0 Å². The van der Waals surface area contributed by atoms with E-state index < -0.39 is 10.0 Å². The Bertz CT molecular complexity index is 704. The van der Waals surface area contributed by atoms with Gasteiger partial charge < -0.3 is 4.90 Å². The maximum absolute atomic E-state index is 12.6. The van der Waals surface area contributed by atoms with Gasteiger partial charge in [0.05, 0.1) is 4.90 Å². The number of nitrogens with two attached hydrogens (primary N) is 1. The fourth-order valence-electron chi connectivity index (χ4n) is 3.93. The molecule has 1 aliphatic heterocycles. The number of piperazine rings is 1. The number of carbonyl (C=O) groups is 1. The second kappa shape index (κ2) is 8.50. The van der Waals surface area contributed by atoms with Gasteiger partial charge in [-0.2, -0.15) is 0 Å². The molecule has 1 saturated heterocycles. The summed E-state index contributed by atoms with van der Waals surface area (Å²) in [6.45, 7) is 4.38. The van der Waals surface area contributed by atoms with Crippen molar-refractivity contribution in [3.8, 4) is 0 Å². The number of nitrogens with zero attached hydrogens (tertiary/aromatic N) is 2. The van der Waals surface area contributed by atoms with E-state index in [0.717, 1.165) is 57.5 Å². The molecule has 1 amide bonds. The summed E-state index contributed by atoms with van der Waals surface area (Å²) in [6, 6.07) is 6.77. The van der Waals surface area contributed by atoms with Crippen LogP contribution in [0.5, 0.6) is 0 Å². The van der Waals surface area contributed by atoms with Crippen molar-refractivity contribution >= 4 is 15.9 Å². The summed E-state index contributed by atoms with van der Waals surface area (Å²) < 4.78 is 22.6. The maximum atomic E-state index is 12.6. The summed E-state index contributed by atoms with van der Waals surface area (Å²) in [4.78, 5) is 17.2. The largest absolute Gasteiger partial charge is 0.340 e. The van der Waals surface area contributed by atoms with Crippen LogP contribution in [-0.2, 0) is 21.2 Å². The molecule has 144 valence electrons. The molecule has 0 spiro atoms. The van der Waals surface area contributed by atoms with Crippen LogP contribution in [0.4, 0.5) is 0 Å². The number of sulfonamides is 1. The second-order valence-electron chi connectivity index (χ2n) is 7.44. The lowest BCUT2D eigenvalue weighted by Gasteiger charge is -2.37. The van der Waals surface area contributed by atoms with Gasteiger partial charge in [-0.3, -0.25) is 9.69 Å². The molecule has 7 heteroatoms. The van der Waals surface area contributed by atoms with E-state index in [2.05, 4.69) is 4.90 Å². The third kappa shape index (κ3) is 5.05. The zero-order valence-corrected chi connectivity index (χ0v) is 16.1. The first-order valence-electron chi connectivity index (χ1n) is 9.56. The fourth-order valence-corrected chi connectivity index (χ4v) is 4.45. The minimum Gasteiger partial charge on any atom is -0.340 e. The summed E-state index contributed by atoms with van der Waals surface area (Å²) in [6.07, 6.45) is 6.65. The van der Waals surface area contributed by atoms with Crippen LogP contribution in [0, 0.1) is 5.92 Å². The Labute approximate surface area is 156 Å². The predicted octanol–water partition coefficient (Wildman–Crippen LogP) is 1.60. The summed E-state index contributed by atoms with van der Waals surface area (Å²) in [5.74, 6) is 0.621. The Balaban J connectivity index is 1.43. The van der Waals surface area contributed by atoms with E-state index in [1.54, 1.807) is 12.1 Å². The smallest absolute Gasteiger partial charge is 0.238 e. The fraction of sp³-hybridized carbons (Fsp3) is 0.632. The average Bonchev–Trinajstić information content (AvgIpc) is 2.66. The molecule has 1 aromatic carbocycles. The number of amides is 1. The first kappa shape index (κ1) is 19.3. The number of benzene rings is 1. The molecule has 3 rings (SSSR count). The molecule has 6 nitrogen and oxygen atoms in total. The standard InChI is InChI=1S/C19H29N3O3S/c20-26(24,25)18-8-6-16(7-9-18)10-11-21-12-14-22(15-13-21)19(23)17-4-2-1-3-5-17/h6-9,17H,1-5,10-15H2,(H2,20,24,25). The summed E-state index contributed by atoms with van der Waals surface area (Å²) in [5, 5.41) is 5.12. The maximum Gasteiger partial charge on any atom is 0.238 e. The molecule has 26 heavy (non-hydrogen) atoms. The van der Waals surface area contributed by atoms with Gasteiger partial charge in [-0.1, -0.05) is 31.4 Å². The quantitative estimate of drug-likeness (QED) is 0.842. The highest BCUT2D eigenvalue weighted by Gasteiger charge is 2.28. The van der Waals surface area contributed by atoms with E-state index in [-0.39, 0.29) is 10.8 Å². The molecular weight excluding hydrogens is 350 g/mol. The second-order valence-corrected chi connectivity index (χ2v) is 9.00. The number of hydrogen-bond acceptors (Lipinski definition) is 4. The molecule has 0 unspecified atom stereocenters. The lowest BCUT2D eigenvalue weighted by Crippen LogP contribution is -2.50. The predicted molar refractivity (Wildman–Crippen MR) is 101 cm³/mol. The Hall–Kier alpha value is -1.44. The Morgan fingerprint density at radius 3 is 2.19 bits per heavy atom. The molecule has 0 atom stereocenters. The molecule has 2 aliphatic rings. The van der Waals surface area contributed by atoms with E-state index in [4.69, 9.17) is 5.14 Å². The van der Waals surface area contributed by atoms with Gasteiger partial charge in [0.2, 0.25) is 15.9 Å². The lowest BCUT2D eigenvalue weighted by atomic mass is 9.88. The van der Waals surface area contributed by atoms with Crippen molar-refractivity contribution in [2.75, 3.05) is 32.7 Å². The molecule has 2 N–H and O–H groups in total. The molecule has 1 heterocycles. The minimum atomic E-state index is -3.63. The normalized spacial score (nSPS) is 20.3. The molecule has 1 aromatic rings. The highest BCUT2D eigenvalue weighted by atomic mass is 32.2. The van der Waals surface area contributed by atoms with Crippen molar-refractivity contribution in [1.29, 1.82) is 0 Å². The Morgan fingerprint density at radius 2 is 1.62 bits per heavy atom. The lowest BCUT2D eigenvalue weighted by molar-refractivity contribution is -0.138. The van der Waals surface area contributed by atoms with Gasteiger partial charge in [-0.15, -0.1) is 0 Å². The van der Waals surface area contributed by atoms with E-state index >= 15 is 0 Å². The molecule has 1 saturated carbocycles. The molecule has 0 aromatic heterocycles. The number of carbonyl (C=O) groups excluding carboxylic acids is 1.